The van der Waals surface area contributed by atoms with Crippen LogP contribution in [-0.2, 0) is 11.8 Å². The molecule has 1 aromatic heterocycles. The Labute approximate surface area is 107 Å². The zero-order valence-corrected chi connectivity index (χ0v) is 11.2. The lowest BCUT2D eigenvalue weighted by Gasteiger charge is -2.16. The topological polar surface area (TPSA) is 71.3 Å². The van der Waals surface area contributed by atoms with Crippen LogP contribution in [0.25, 0.3) is 0 Å². The number of hydrogen-bond acceptors (Lipinski definition) is 2. The Kier molecular flexibility index (Phi) is 4.53. The van der Waals surface area contributed by atoms with Crippen LogP contribution in [0.15, 0.2) is 12.1 Å². The summed E-state index contributed by atoms with van der Waals surface area (Å²) in [5.74, 6) is -1.14. The number of rotatable bonds is 5. The summed E-state index contributed by atoms with van der Waals surface area (Å²) in [4.78, 5) is 23.1. The van der Waals surface area contributed by atoms with Gasteiger partial charge in [0.15, 0.2) is 0 Å². The minimum atomic E-state index is -0.997. The number of hydrogen-bond donors (Lipinski definition) is 2. The molecule has 1 amide bonds. The first-order valence-electron chi connectivity index (χ1n) is 5.99. The van der Waals surface area contributed by atoms with Gasteiger partial charge in [-0.25, -0.2) is 4.79 Å². The van der Waals surface area contributed by atoms with E-state index in [9.17, 15) is 9.59 Å². The van der Waals surface area contributed by atoms with Gasteiger partial charge >= 0.3 is 5.97 Å². The molecule has 1 atom stereocenters. The second kappa shape index (κ2) is 5.71. The average Bonchev–Trinajstić information content (AvgIpc) is 2.58. The largest absolute Gasteiger partial charge is 0.480 e. The molecule has 5 heteroatoms. The minimum Gasteiger partial charge on any atom is -0.480 e. The molecule has 100 valence electrons. The molecule has 0 saturated heterocycles. The lowest BCUT2D eigenvalue weighted by atomic mass is 10.0. The number of amides is 1. The van der Waals surface area contributed by atoms with E-state index in [1.54, 1.807) is 17.7 Å². The summed E-state index contributed by atoms with van der Waals surface area (Å²) in [6.07, 6.45) is 0.421. The Bertz CT molecular complexity index is 449. The molecule has 0 aliphatic carbocycles. The van der Waals surface area contributed by atoms with E-state index in [2.05, 4.69) is 5.32 Å². The third-order valence-corrected chi connectivity index (χ3v) is 2.92. The number of aliphatic carboxylic acids is 1. The summed E-state index contributed by atoms with van der Waals surface area (Å²) < 4.78 is 1.74. The molecule has 1 aromatic rings. The Morgan fingerprint density at radius 1 is 1.39 bits per heavy atom. The van der Waals surface area contributed by atoms with Gasteiger partial charge in [-0.05, 0) is 31.4 Å². The summed E-state index contributed by atoms with van der Waals surface area (Å²) in [6.45, 7) is 5.74. The van der Waals surface area contributed by atoms with Crippen molar-refractivity contribution < 1.29 is 14.7 Å². The molecule has 0 aliphatic rings. The lowest BCUT2D eigenvalue weighted by Crippen LogP contribution is -2.42. The number of carbonyl (C=O) groups is 2. The maximum absolute atomic E-state index is 12.0. The molecule has 0 saturated carbocycles. The van der Waals surface area contributed by atoms with Gasteiger partial charge < -0.3 is 15.0 Å². The number of carboxylic acids is 1. The standard InChI is InChI=1S/C13H20N2O3/c1-8(2)7-10(13(17)18)14-12(16)11-6-5-9(3)15(11)4/h5-6,8,10H,7H2,1-4H3,(H,14,16)(H,17,18). The van der Waals surface area contributed by atoms with Crippen LogP contribution >= 0.6 is 0 Å². The average molecular weight is 252 g/mol. The predicted octanol–water partition coefficient (Wildman–Crippen LogP) is 1.56. The summed E-state index contributed by atoms with van der Waals surface area (Å²) in [7, 11) is 1.78. The highest BCUT2D eigenvalue weighted by Crippen LogP contribution is 2.09. The van der Waals surface area contributed by atoms with Crippen molar-refractivity contribution in [3.63, 3.8) is 0 Å². The van der Waals surface area contributed by atoms with E-state index < -0.39 is 12.0 Å². The first kappa shape index (κ1) is 14.3. The number of aryl methyl sites for hydroxylation is 1. The van der Waals surface area contributed by atoms with Gasteiger partial charge in [0, 0.05) is 12.7 Å². The molecule has 5 nitrogen and oxygen atoms in total. The molecular weight excluding hydrogens is 232 g/mol. The van der Waals surface area contributed by atoms with Gasteiger partial charge in [-0.3, -0.25) is 4.79 Å². The van der Waals surface area contributed by atoms with E-state index in [-0.39, 0.29) is 11.8 Å². The van der Waals surface area contributed by atoms with E-state index in [0.717, 1.165) is 5.69 Å². The van der Waals surface area contributed by atoms with Crippen LogP contribution in [0.1, 0.15) is 36.5 Å². The highest BCUT2D eigenvalue weighted by molar-refractivity contribution is 5.95. The van der Waals surface area contributed by atoms with Gasteiger partial charge in [0.25, 0.3) is 5.91 Å². The molecule has 1 unspecified atom stereocenters. The zero-order chi connectivity index (χ0) is 13.9. The summed E-state index contributed by atoms with van der Waals surface area (Å²) in [5, 5.41) is 11.6. The molecule has 1 heterocycles. The second-order valence-corrected chi connectivity index (χ2v) is 4.91. The van der Waals surface area contributed by atoms with Gasteiger partial charge in [0.05, 0.1) is 0 Å². The van der Waals surface area contributed by atoms with Crippen molar-refractivity contribution in [1.82, 2.24) is 9.88 Å². The fraction of sp³-hybridized carbons (Fsp3) is 0.538. The minimum absolute atomic E-state index is 0.210. The number of carbonyl (C=O) groups excluding carboxylic acids is 1. The third-order valence-electron chi connectivity index (χ3n) is 2.92. The first-order valence-corrected chi connectivity index (χ1v) is 5.99. The molecule has 1 rings (SSSR count). The van der Waals surface area contributed by atoms with Gasteiger partial charge in [-0.2, -0.15) is 0 Å². The molecule has 0 fully saturated rings. The SMILES string of the molecule is Cc1ccc(C(=O)NC(CC(C)C)C(=O)O)n1C. The van der Waals surface area contributed by atoms with Crippen LogP contribution in [0.5, 0.6) is 0 Å². The van der Waals surface area contributed by atoms with E-state index in [0.29, 0.717) is 12.1 Å². The molecule has 0 spiro atoms. The van der Waals surface area contributed by atoms with E-state index >= 15 is 0 Å². The van der Waals surface area contributed by atoms with E-state index in [1.165, 1.54) is 0 Å². The second-order valence-electron chi connectivity index (χ2n) is 4.91. The van der Waals surface area contributed by atoms with Crippen molar-refractivity contribution in [3.05, 3.63) is 23.5 Å². The van der Waals surface area contributed by atoms with Gasteiger partial charge in [0.2, 0.25) is 0 Å². The maximum Gasteiger partial charge on any atom is 0.326 e. The van der Waals surface area contributed by atoms with Crippen molar-refractivity contribution in [2.24, 2.45) is 13.0 Å². The highest BCUT2D eigenvalue weighted by Gasteiger charge is 2.22. The van der Waals surface area contributed by atoms with Gasteiger partial charge in [0.1, 0.15) is 11.7 Å². The number of carboxylic acid groups (broad SMARTS) is 1. The smallest absolute Gasteiger partial charge is 0.326 e. The first-order chi connectivity index (χ1) is 8.32. The third kappa shape index (κ3) is 3.35. The van der Waals surface area contributed by atoms with E-state index in [1.807, 2.05) is 26.8 Å². The Hall–Kier alpha value is -1.78. The fourth-order valence-electron chi connectivity index (χ4n) is 1.77. The number of nitrogens with zero attached hydrogens (tertiary/aromatic N) is 1. The van der Waals surface area contributed by atoms with Crippen LogP contribution in [0, 0.1) is 12.8 Å². The monoisotopic (exact) mass is 252 g/mol. The van der Waals surface area contributed by atoms with Gasteiger partial charge in [-0.1, -0.05) is 13.8 Å². The normalized spacial score (nSPS) is 12.5. The van der Waals surface area contributed by atoms with Crippen LogP contribution in [0.3, 0.4) is 0 Å². The van der Waals surface area contributed by atoms with Crippen LogP contribution < -0.4 is 5.32 Å². The Morgan fingerprint density at radius 2 is 2.00 bits per heavy atom. The zero-order valence-electron chi connectivity index (χ0n) is 11.2. The lowest BCUT2D eigenvalue weighted by molar-refractivity contribution is -0.139. The molecule has 0 radical (unpaired) electrons. The molecular formula is C13H20N2O3. The summed E-state index contributed by atoms with van der Waals surface area (Å²) in [5.41, 5.74) is 1.43. The van der Waals surface area contributed by atoms with Crippen LogP contribution in [-0.4, -0.2) is 27.6 Å². The molecule has 0 aliphatic heterocycles. The predicted molar refractivity (Wildman–Crippen MR) is 68.5 cm³/mol. The van der Waals surface area contributed by atoms with Gasteiger partial charge in [-0.15, -0.1) is 0 Å². The quantitative estimate of drug-likeness (QED) is 0.835. The summed E-state index contributed by atoms with van der Waals surface area (Å²) >= 11 is 0. The van der Waals surface area contributed by atoms with Crippen LogP contribution in [0.2, 0.25) is 0 Å². The van der Waals surface area contributed by atoms with Crippen molar-refractivity contribution in [2.75, 3.05) is 0 Å². The van der Waals surface area contributed by atoms with Crippen molar-refractivity contribution in [1.29, 1.82) is 0 Å². The fourth-order valence-corrected chi connectivity index (χ4v) is 1.77. The van der Waals surface area contributed by atoms with Crippen LogP contribution in [0.4, 0.5) is 0 Å². The van der Waals surface area contributed by atoms with Crippen molar-refractivity contribution in [2.45, 2.75) is 33.2 Å². The van der Waals surface area contributed by atoms with Crippen molar-refractivity contribution >= 4 is 11.9 Å². The number of aromatic nitrogens is 1. The maximum atomic E-state index is 12.0. The number of nitrogens with one attached hydrogen (secondary N) is 1. The molecule has 0 aromatic carbocycles. The molecule has 2 N–H and O–H groups in total. The van der Waals surface area contributed by atoms with Crippen molar-refractivity contribution in [3.8, 4) is 0 Å². The van der Waals surface area contributed by atoms with E-state index in [4.69, 9.17) is 5.11 Å². The molecule has 18 heavy (non-hydrogen) atoms. The summed E-state index contributed by atoms with van der Waals surface area (Å²) in [6, 6.07) is 2.68. The Balaban J connectivity index is 2.79. The Morgan fingerprint density at radius 3 is 2.39 bits per heavy atom. The highest BCUT2D eigenvalue weighted by atomic mass is 16.4. The molecule has 0 bridgehead atoms.